The zero-order valence-electron chi connectivity index (χ0n) is 13.1. The number of hydrogen-bond donors (Lipinski definition) is 1. The van der Waals surface area contributed by atoms with E-state index in [1.165, 1.54) is 0 Å². The van der Waals surface area contributed by atoms with Crippen LogP contribution in [0.2, 0.25) is 0 Å². The minimum atomic E-state index is -0.797. The average molecular weight is 297 g/mol. The van der Waals surface area contributed by atoms with Gasteiger partial charge in [0.25, 0.3) is 0 Å². The van der Waals surface area contributed by atoms with Gasteiger partial charge >= 0.3 is 12.0 Å². The van der Waals surface area contributed by atoms with Crippen LogP contribution >= 0.6 is 0 Å². The summed E-state index contributed by atoms with van der Waals surface area (Å²) < 4.78 is 0. The zero-order valence-corrected chi connectivity index (χ0v) is 13.1. The lowest BCUT2D eigenvalue weighted by Gasteiger charge is -2.27. The molecule has 0 radical (unpaired) electrons. The first-order valence-corrected chi connectivity index (χ1v) is 7.95. The van der Waals surface area contributed by atoms with Crippen molar-refractivity contribution in [2.24, 2.45) is 11.8 Å². The lowest BCUT2D eigenvalue weighted by Crippen LogP contribution is -2.44. The first-order valence-electron chi connectivity index (χ1n) is 7.95. The van der Waals surface area contributed by atoms with Gasteiger partial charge in [-0.25, -0.2) is 4.79 Å². The van der Waals surface area contributed by atoms with Crippen LogP contribution in [0.25, 0.3) is 0 Å². The minimum absolute atomic E-state index is 0.0706. The molecule has 0 saturated carbocycles. The molecular weight excluding hydrogens is 270 g/mol. The van der Waals surface area contributed by atoms with Gasteiger partial charge in [0, 0.05) is 39.3 Å². The van der Waals surface area contributed by atoms with E-state index >= 15 is 0 Å². The number of urea groups is 1. The standard InChI is InChI=1S/C15H27N3O3/c1-12(2)13-4-7-18(10-13)15(21)17-6-3-5-16(8-9-17)11-14(19)20/h12-13H,3-11H2,1-2H3,(H,19,20). The van der Waals surface area contributed by atoms with Crippen molar-refractivity contribution in [3.8, 4) is 0 Å². The summed E-state index contributed by atoms with van der Waals surface area (Å²) in [5.41, 5.74) is 0. The third-order valence-electron chi connectivity index (χ3n) is 4.66. The summed E-state index contributed by atoms with van der Waals surface area (Å²) in [4.78, 5) is 29.1. The van der Waals surface area contributed by atoms with Crippen molar-refractivity contribution in [1.29, 1.82) is 0 Å². The van der Waals surface area contributed by atoms with Gasteiger partial charge < -0.3 is 14.9 Å². The molecule has 6 heteroatoms. The van der Waals surface area contributed by atoms with E-state index in [1.54, 1.807) is 0 Å². The van der Waals surface area contributed by atoms with Gasteiger partial charge in [-0.3, -0.25) is 9.69 Å². The molecule has 2 amide bonds. The maximum atomic E-state index is 12.6. The minimum Gasteiger partial charge on any atom is -0.480 e. The number of carbonyl (C=O) groups excluding carboxylic acids is 1. The molecule has 2 aliphatic heterocycles. The van der Waals surface area contributed by atoms with E-state index in [1.807, 2.05) is 14.7 Å². The summed E-state index contributed by atoms with van der Waals surface area (Å²) in [6.07, 6.45) is 1.95. The second-order valence-corrected chi connectivity index (χ2v) is 6.53. The number of aliphatic carboxylic acids is 1. The highest BCUT2D eigenvalue weighted by Gasteiger charge is 2.31. The molecule has 2 saturated heterocycles. The van der Waals surface area contributed by atoms with Crippen LogP contribution in [0.1, 0.15) is 26.7 Å². The van der Waals surface area contributed by atoms with Crippen LogP contribution in [0.5, 0.6) is 0 Å². The Hall–Kier alpha value is -1.30. The van der Waals surface area contributed by atoms with Crippen LogP contribution in [0.4, 0.5) is 4.79 Å². The Kier molecular flexibility index (Phi) is 5.45. The van der Waals surface area contributed by atoms with Crippen LogP contribution < -0.4 is 0 Å². The predicted molar refractivity (Wildman–Crippen MR) is 80.2 cm³/mol. The van der Waals surface area contributed by atoms with E-state index in [0.717, 1.165) is 39.0 Å². The Labute approximate surface area is 126 Å². The number of carbonyl (C=O) groups is 2. The van der Waals surface area contributed by atoms with E-state index in [2.05, 4.69) is 13.8 Å². The first kappa shape index (κ1) is 16.1. The van der Waals surface area contributed by atoms with E-state index in [-0.39, 0.29) is 12.6 Å². The highest BCUT2D eigenvalue weighted by Crippen LogP contribution is 2.24. The fourth-order valence-electron chi connectivity index (χ4n) is 3.22. The number of carboxylic acids is 1. The Morgan fingerprint density at radius 3 is 2.48 bits per heavy atom. The van der Waals surface area contributed by atoms with Crippen LogP contribution in [-0.4, -0.2) is 77.6 Å². The molecule has 6 nitrogen and oxygen atoms in total. The predicted octanol–water partition coefficient (Wildman–Crippen LogP) is 1.18. The fourth-order valence-corrected chi connectivity index (χ4v) is 3.22. The normalized spacial score (nSPS) is 24.4. The maximum Gasteiger partial charge on any atom is 0.320 e. The van der Waals surface area contributed by atoms with Gasteiger partial charge in [-0.2, -0.15) is 0 Å². The number of carboxylic acid groups (broad SMARTS) is 1. The Bertz CT molecular complexity index is 386. The lowest BCUT2D eigenvalue weighted by atomic mass is 9.95. The van der Waals surface area contributed by atoms with Crippen molar-refractivity contribution < 1.29 is 14.7 Å². The first-order chi connectivity index (χ1) is 9.97. The summed E-state index contributed by atoms with van der Waals surface area (Å²) in [6.45, 7) is 9.00. The number of nitrogens with zero attached hydrogens (tertiary/aromatic N) is 3. The van der Waals surface area contributed by atoms with Gasteiger partial charge in [-0.15, -0.1) is 0 Å². The number of hydrogen-bond acceptors (Lipinski definition) is 3. The summed E-state index contributed by atoms with van der Waals surface area (Å²) >= 11 is 0. The molecule has 0 aromatic carbocycles. The molecule has 1 unspecified atom stereocenters. The van der Waals surface area contributed by atoms with Crippen molar-refractivity contribution in [3.05, 3.63) is 0 Å². The summed E-state index contributed by atoms with van der Waals surface area (Å²) in [6, 6.07) is 0.135. The van der Waals surface area contributed by atoms with Crippen LogP contribution in [0, 0.1) is 11.8 Å². The van der Waals surface area contributed by atoms with Crippen molar-refractivity contribution in [2.45, 2.75) is 26.7 Å². The average Bonchev–Trinajstić information content (AvgIpc) is 2.80. The fraction of sp³-hybridized carbons (Fsp3) is 0.867. The molecule has 1 N–H and O–H groups in total. The monoisotopic (exact) mass is 297 g/mol. The molecule has 0 spiro atoms. The molecule has 0 aromatic heterocycles. The third-order valence-corrected chi connectivity index (χ3v) is 4.66. The quantitative estimate of drug-likeness (QED) is 0.849. The molecular formula is C15H27N3O3. The zero-order chi connectivity index (χ0) is 15.4. The summed E-state index contributed by atoms with van der Waals surface area (Å²) in [5, 5.41) is 8.86. The van der Waals surface area contributed by atoms with Gasteiger partial charge in [0.1, 0.15) is 0 Å². The smallest absolute Gasteiger partial charge is 0.320 e. The topological polar surface area (TPSA) is 64.1 Å². The Morgan fingerprint density at radius 2 is 1.86 bits per heavy atom. The molecule has 0 bridgehead atoms. The number of amides is 2. The second kappa shape index (κ2) is 7.11. The third kappa shape index (κ3) is 4.33. The van der Waals surface area contributed by atoms with Gasteiger partial charge in [-0.05, 0) is 24.7 Å². The van der Waals surface area contributed by atoms with Crippen LogP contribution in [-0.2, 0) is 4.79 Å². The molecule has 21 heavy (non-hydrogen) atoms. The van der Waals surface area contributed by atoms with E-state index in [9.17, 15) is 9.59 Å². The molecule has 2 heterocycles. The molecule has 0 aliphatic carbocycles. The van der Waals surface area contributed by atoms with Crippen molar-refractivity contribution in [2.75, 3.05) is 45.8 Å². The number of rotatable bonds is 3. The van der Waals surface area contributed by atoms with Crippen molar-refractivity contribution in [3.63, 3.8) is 0 Å². The SMILES string of the molecule is CC(C)C1CCN(C(=O)N2CCCN(CC(=O)O)CC2)C1. The van der Waals surface area contributed by atoms with Crippen LogP contribution in [0.15, 0.2) is 0 Å². The van der Waals surface area contributed by atoms with Crippen molar-refractivity contribution in [1.82, 2.24) is 14.7 Å². The van der Waals surface area contributed by atoms with E-state index in [4.69, 9.17) is 5.11 Å². The summed E-state index contributed by atoms with van der Waals surface area (Å²) in [5.74, 6) is 0.441. The molecule has 120 valence electrons. The van der Waals surface area contributed by atoms with Gasteiger partial charge in [0.2, 0.25) is 0 Å². The highest BCUT2D eigenvalue weighted by atomic mass is 16.4. The van der Waals surface area contributed by atoms with E-state index in [0.29, 0.717) is 24.9 Å². The molecule has 1 atom stereocenters. The molecule has 2 rings (SSSR count). The van der Waals surface area contributed by atoms with Crippen molar-refractivity contribution >= 4 is 12.0 Å². The van der Waals surface area contributed by atoms with Gasteiger partial charge in [0.15, 0.2) is 0 Å². The molecule has 2 fully saturated rings. The van der Waals surface area contributed by atoms with Gasteiger partial charge in [-0.1, -0.05) is 13.8 Å². The Morgan fingerprint density at radius 1 is 1.10 bits per heavy atom. The Balaban J connectivity index is 1.85. The van der Waals surface area contributed by atoms with Crippen LogP contribution in [0.3, 0.4) is 0 Å². The molecule has 2 aliphatic rings. The number of likely N-dealkylation sites (tertiary alicyclic amines) is 1. The van der Waals surface area contributed by atoms with E-state index < -0.39 is 5.97 Å². The largest absolute Gasteiger partial charge is 0.480 e. The highest BCUT2D eigenvalue weighted by molar-refractivity contribution is 5.75. The second-order valence-electron chi connectivity index (χ2n) is 6.53. The van der Waals surface area contributed by atoms with Gasteiger partial charge in [0.05, 0.1) is 6.54 Å². The molecule has 0 aromatic rings. The summed E-state index contributed by atoms with van der Waals surface area (Å²) in [7, 11) is 0. The lowest BCUT2D eigenvalue weighted by molar-refractivity contribution is -0.138. The maximum absolute atomic E-state index is 12.6.